The molecule has 8 heteroatoms. The van der Waals surface area contributed by atoms with Crippen LogP contribution in [0.4, 0.5) is 0 Å². The van der Waals surface area contributed by atoms with Crippen molar-refractivity contribution in [1.29, 1.82) is 0 Å². The standard InChI is InChI=1S/C14H14BrNO3S3/c1-2-3-19-10-6-11-9(5-8(10)15)16-13(22-11)7(14(18)21)4-12(17)20/h5-7H,2-4H2,1H3,(H,17,20)(H,18,21). The Kier molecular flexibility index (Phi) is 6.08. The van der Waals surface area contributed by atoms with Crippen molar-refractivity contribution in [3.8, 4) is 5.75 Å². The van der Waals surface area contributed by atoms with E-state index in [1.54, 1.807) is 0 Å². The highest BCUT2D eigenvalue weighted by Crippen LogP contribution is 2.36. The number of rotatable bonds is 7. The normalized spacial score (nSPS) is 12.3. The Morgan fingerprint density at radius 2 is 2.14 bits per heavy atom. The van der Waals surface area contributed by atoms with E-state index >= 15 is 0 Å². The van der Waals surface area contributed by atoms with E-state index in [1.807, 2.05) is 19.1 Å². The fourth-order valence-corrected chi connectivity index (χ4v) is 3.84. The zero-order valence-electron chi connectivity index (χ0n) is 11.7. The highest BCUT2D eigenvalue weighted by molar-refractivity contribution is 9.10. The van der Waals surface area contributed by atoms with E-state index in [1.165, 1.54) is 11.3 Å². The lowest BCUT2D eigenvalue weighted by Gasteiger charge is -2.08. The largest absolute Gasteiger partial charge is 0.502 e. The van der Waals surface area contributed by atoms with Gasteiger partial charge in [0.25, 0.3) is 0 Å². The zero-order valence-corrected chi connectivity index (χ0v) is 15.7. The number of thiocarbonyl (C=S) groups is 2. The summed E-state index contributed by atoms with van der Waals surface area (Å²) in [5.41, 5.74) is 0.779. The molecule has 0 saturated carbocycles. The van der Waals surface area contributed by atoms with Crippen LogP contribution < -0.4 is 4.74 Å². The summed E-state index contributed by atoms with van der Waals surface area (Å²) < 4.78 is 7.42. The Morgan fingerprint density at radius 1 is 1.41 bits per heavy atom. The van der Waals surface area contributed by atoms with Gasteiger partial charge in [-0.05, 0) is 52.9 Å². The monoisotopic (exact) mass is 419 g/mol. The third-order valence-corrected chi connectivity index (χ3v) is 5.10. The first-order valence-corrected chi connectivity index (χ1v) is 9.02. The first kappa shape index (κ1) is 17.5. The van der Waals surface area contributed by atoms with Crippen LogP contribution in [0.5, 0.6) is 5.75 Å². The Morgan fingerprint density at radius 3 is 2.73 bits per heavy atom. The second kappa shape index (κ2) is 7.63. The van der Waals surface area contributed by atoms with Gasteiger partial charge in [0.05, 0.1) is 27.2 Å². The molecule has 0 bridgehead atoms. The maximum Gasteiger partial charge on any atom is 0.167 e. The van der Waals surface area contributed by atoms with Gasteiger partial charge in [0.15, 0.2) is 10.1 Å². The van der Waals surface area contributed by atoms with Crippen molar-refractivity contribution >= 4 is 72.0 Å². The fraction of sp³-hybridized carbons (Fsp3) is 0.357. The lowest BCUT2D eigenvalue weighted by atomic mass is 10.1. The molecule has 4 nitrogen and oxygen atoms in total. The minimum atomic E-state index is -0.566. The molecule has 1 atom stereocenters. The van der Waals surface area contributed by atoms with E-state index in [9.17, 15) is 10.2 Å². The number of fused-ring (bicyclic) bond motifs is 1. The van der Waals surface area contributed by atoms with Crippen molar-refractivity contribution in [2.75, 3.05) is 6.61 Å². The molecule has 1 aromatic heterocycles. The number of aliphatic hydroxyl groups is 2. The van der Waals surface area contributed by atoms with Crippen LogP contribution in [0.3, 0.4) is 0 Å². The molecule has 2 N–H and O–H groups in total. The summed E-state index contributed by atoms with van der Waals surface area (Å²) in [5, 5.41) is 19.2. The molecule has 0 amide bonds. The van der Waals surface area contributed by atoms with Crippen molar-refractivity contribution in [2.45, 2.75) is 25.7 Å². The van der Waals surface area contributed by atoms with Gasteiger partial charge < -0.3 is 14.9 Å². The molecule has 1 aromatic carbocycles. The molecule has 0 saturated heterocycles. The average molecular weight is 420 g/mol. The summed E-state index contributed by atoms with van der Waals surface area (Å²) in [5.74, 6) is 0.189. The van der Waals surface area contributed by atoms with E-state index in [4.69, 9.17) is 29.2 Å². The van der Waals surface area contributed by atoms with Gasteiger partial charge in [0, 0.05) is 12.5 Å². The predicted molar refractivity (Wildman–Crippen MR) is 101 cm³/mol. The fourth-order valence-electron chi connectivity index (χ4n) is 1.87. The molecule has 2 rings (SSSR count). The van der Waals surface area contributed by atoms with Gasteiger partial charge in [-0.15, -0.1) is 11.3 Å². The van der Waals surface area contributed by atoms with Crippen LogP contribution in [-0.4, -0.2) is 31.9 Å². The first-order chi connectivity index (χ1) is 10.4. The number of aliphatic hydroxyl groups excluding tert-OH is 2. The van der Waals surface area contributed by atoms with Crippen LogP contribution in [0.25, 0.3) is 10.2 Å². The van der Waals surface area contributed by atoms with Crippen LogP contribution in [0.2, 0.25) is 0 Å². The minimum Gasteiger partial charge on any atom is -0.502 e. The topological polar surface area (TPSA) is 62.6 Å². The number of hydrogen-bond acceptors (Lipinski definition) is 5. The number of ether oxygens (including phenoxy) is 1. The minimum absolute atomic E-state index is 0.0881. The Bertz CT molecular complexity index is 717. The highest BCUT2D eigenvalue weighted by Gasteiger charge is 2.23. The first-order valence-electron chi connectivity index (χ1n) is 6.59. The molecule has 22 heavy (non-hydrogen) atoms. The van der Waals surface area contributed by atoms with Gasteiger partial charge in [-0.25, -0.2) is 4.98 Å². The van der Waals surface area contributed by atoms with E-state index < -0.39 is 5.92 Å². The summed E-state index contributed by atoms with van der Waals surface area (Å²) in [6.07, 6.45) is 1.01. The zero-order chi connectivity index (χ0) is 16.3. The molecule has 1 heterocycles. The van der Waals surface area contributed by atoms with Crippen LogP contribution >= 0.6 is 51.7 Å². The molecule has 0 aliphatic heterocycles. The van der Waals surface area contributed by atoms with Crippen LogP contribution in [0.1, 0.15) is 30.7 Å². The van der Waals surface area contributed by atoms with Crippen molar-refractivity contribution in [1.82, 2.24) is 4.98 Å². The van der Waals surface area contributed by atoms with E-state index in [0.717, 1.165) is 26.9 Å². The average Bonchev–Trinajstić information content (AvgIpc) is 2.83. The lowest BCUT2D eigenvalue weighted by Crippen LogP contribution is -2.13. The molecule has 2 aromatic rings. The summed E-state index contributed by atoms with van der Waals surface area (Å²) in [4.78, 5) is 4.48. The van der Waals surface area contributed by atoms with Crippen LogP contribution in [0.15, 0.2) is 16.6 Å². The number of halogens is 1. The molecule has 1 unspecified atom stereocenters. The van der Waals surface area contributed by atoms with Gasteiger partial charge in [-0.2, -0.15) is 0 Å². The summed E-state index contributed by atoms with van der Waals surface area (Å²) in [6, 6.07) is 3.78. The highest BCUT2D eigenvalue weighted by atomic mass is 79.9. The predicted octanol–water partition coefficient (Wildman–Crippen LogP) is 5.09. The molecule has 0 aliphatic rings. The van der Waals surface area contributed by atoms with Crippen molar-refractivity contribution in [3.05, 3.63) is 21.6 Å². The Labute approximate surface area is 151 Å². The SMILES string of the molecule is CCCOc1cc2sc(C(CC(O)=S)C(O)=S)nc2cc1Br. The third kappa shape index (κ3) is 4.13. The number of nitrogens with zero attached hydrogens (tertiary/aromatic N) is 1. The summed E-state index contributed by atoms with van der Waals surface area (Å²) in [6.45, 7) is 2.68. The summed E-state index contributed by atoms with van der Waals surface area (Å²) in [7, 11) is 0. The number of aromatic nitrogens is 1. The Balaban J connectivity index is 2.40. The second-order valence-electron chi connectivity index (χ2n) is 4.64. The van der Waals surface area contributed by atoms with Crippen molar-refractivity contribution < 1.29 is 14.9 Å². The smallest absolute Gasteiger partial charge is 0.167 e. The number of benzene rings is 1. The molecule has 0 radical (unpaired) electrons. The quantitative estimate of drug-likeness (QED) is 0.609. The van der Waals surface area contributed by atoms with Crippen molar-refractivity contribution in [2.24, 2.45) is 0 Å². The van der Waals surface area contributed by atoms with E-state index in [0.29, 0.717) is 11.6 Å². The molecular weight excluding hydrogens is 406 g/mol. The molecule has 118 valence electrons. The summed E-state index contributed by atoms with van der Waals surface area (Å²) >= 11 is 14.4. The third-order valence-electron chi connectivity index (χ3n) is 2.90. The molecule has 0 fully saturated rings. The van der Waals surface area contributed by atoms with Gasteiger partial charge in [0.1, 0.15) is 10.8 Å². The molecule has 0 spiro atoms. The van der Waals surface area contributed by atoms with Gasteiger partial charge in [-0.1, -0.05) is 6.92 Å². The number of thiazole rings is 1. The lowest BCUT2D eigenvalue weighted by molar-refractivity contribution is 0.316. The van der Waals surface area contributed by atoms with Crippen LogP contribution in [-0.2, 0) is 0 Å². The second-order valence-corrected chi connectivity index (χ2v) is 7.45. The van der Waals surface area contributed by atoms with E-state index in [2.05, 4.69) is 20.9 Å². The Hall–Kier alpha value is -0.830. The maximum absolute atomic E-state index is 9.66. The maximum atomic E-state index is 9.66. The molecule has 0 aliphatic carbocycles. The van der Waals surface area contributed by atoms with Gasteiger partial charge in [0.2, 0.25) is 0 Å². The number of hydrogen-bond donors (Lipinski definition) is 2. The van der Waals surface area contributed by atoms with Gasteiger partial charge >= 0.3 is 0 Å². The van der Waals surface area contributed by atoms with Crippen LogP contribution in [0, 0.1) is 0 Å². The van der Waals surface area contributed by atoms with E-state index in [-0.39, 0.29) is 16.5 Å². The van der Waals surface area contributed by atoms with Crippen molar-refractivity contribution in [3.63, 3.8) is 0 Å². The molecular formula is C14H14BrNO3S3. The van der Waals surface area contributed by atoms with Gasteiger partial charge in [-0.3, -0.25) is 0 Å².